The highest BCUT2D eigenvalue weighted by Crippen LogP contribution is 2.25. The summed E-state index contributed by atoms with van der Waals surface area (Å²) in [5.41, 5.74) is 12.3. The maximum atomic E-state index is 9.23. The van der Waals surface area contributed by atoms with Crippen LogP contribution >= 0.6 is 0 Å². The molecule has 0 saturated carbocycles. The second-order valence-corrected chi connectivity index (χ2v) is 3.08. The Hall–Kier alpha value is -1.26. The van der Waals surface area contributed by atoms with Gasteiger partial charge in [-0.05, 0) is 30.7 Å². The van der Waals surface area contributed by atoms with Crippen molar-refractivity contribution >= 4 is 5.69 Å². The molecule has 0 fully saturated rings. The molecule has 72 valence electrons. The Morgan fingerprint density at radius 3 is 2.54 bits per heavy atom. The van der Waals surface area contributed by atoms with Crippen molar-refractivity contribution in [1.29, 1.82) is 0 Å². The third-order valence-corrected chi connectivity index (χ3v) is 1.95. The van der Waals surface area contributed by atoms with Gasteiger partial charge >= 0.3 is 0 Å². The van der Waals surface area contributed by atoms with E-state index in [1.165, 1.54) is 12.1 Å². The lowest BCUT2D eigenvalue weighted by Gasteiger charge is -2.17. The highest BCUT2D eigenvalue weighted by molar-refractivity contribution is 5.51. The van der Waals surface area contributed by atoms with Crippen LogP contribution in [-0.4, -0.2) is 16.3 Å². The number of anilines is 1. The lowest BCUT2D eigenvalue weighted by molar-refractivity contribution is 0.164. The molecular weight excluding hydrogens is 168 g/mol. The minimum absolute atomic E-state index is 0.0975. The van der Waals surface area contributed by atoms with Crippen molar-refractivity contribution in [2.75, 3.05) is 5.73 Å². The summed E-state index contributed by atoms with van der Waals surface area (Å²) in [5.74, 6) is 0.0975. The number of aromatic hydroxyl groups is 1. The molecule has 1 aromatic rings. The van der Waals surface area contributed by atoms with Crippen molar-refractivity contribution in [3.63, 3.8) is 0 Å². The van der Waals surface area contributed by atoms with Crippen LogP contribution in [-0.2, 0) is 0 Å². The molecule has 0 aliphatic rings. The van der Waals surface area contributed by atoms with Gasteiger partial charge in [0.15, 0.2) is 0 Å². The van der Waals surface area contributed by atoms with Crippen LogP contribution in [0.2, 0.25) is 0 Å². The van der Waals surface area contributed by atoms with Crippen molar-refractivity contribution in [3.05, 3.63) is 23.8 Å². The summed E-state index contributed by atoms with van der Waals surface area (Å²) >= 11 is 0. The van der Waals surface area contributed by atoms with Gasteiger partial charge in [-0.1, -0.05) is 0 Å². The Morgan fingerprint density at radius 1 is 1.38 bits per heavy atom. The average Bonchev–Trinajstić information content (AvgIpc) is 2.08. The molecule has 0 aromatic heterocycles. The van der Waals surface area contributed by atoms with Crippen LogP contribution < -0.4 is 11.5 Å². The van der Waals surface area contributed by atoms with Crippen LogP contribution in [0, 0.1) is 0 Å². The van der Waals surface area contributed by atoms with E-state index in [1.54, 1.807) is 13.0 Å². The van der Waals surface area contributed by atoms with E-state index in [0.29, 0.717) is 11.3 Å². The first-order valence-corrected chi connectivity index (χ1v) is 4.04. The minimum atomic E-state index is -0.691. The van der Waals surface area contributed by atoms with E-state index in [1.807, 2.05) is 0 Å². The van der Waals surface area contributed by atoms with Crippen molar-refractivity contribution in [2.45, 2.75) is 19.1 Å². The Balaban J connectivity index is 3.05. The highest BCUT2D eigenvalue weighted by Gasteiger charge is 2.15. The van der Waals surface area contributed by atoms with E-state index >= 15 is 0 Å². The van der Waals surface area contributed by atoms with E-state index in [9.17, 15) is 10.2 Å². The molecule has 0 unspecified atom stereocenters. The number of phenols is 1. The molecule has 0 amide bonds. The zero-order valence-electron chi connectivity index (χ0n) is 7.44. The first kappa shape index (κ1) is 9.83. The van der Waals surface area contributed by atoms with E-state index in [4.69, 9.17) is 11.5 Å². The second kappa shape index (κ2) is 3.64. The number of hydrogen-bond donors (Lipinski definition) is 4. The lowest BCUT2D eigenvalue weighted by Crippen LogP contribution is -2.24. The van der Waals surface area contributed by atoms with E-state index in [0.717, 1.165) is 0 Å². The van der Waals surface area contributed by atoms with E-state index in [2.05, 4.69) is 0 Å². The van der Waals surface area contributed by atoms with Crippen LogP contribution in [0.15, 0.2) is 18.2 Å². The number of nitrogen functional groups attached to an aromatic ring is 1. The lowest BCUT2D eigenvalue weighted by atomic mass is 10.0. The SMILES string of the molecule is C[C@H](O)[C@H](N)c1cc(O)ccc1N. The van der Waals surface area contributed by atoms with Gasteiger partial charge in [0, 0.05) is 5.69 Å². The molecule has 13 heavy (non-hydrogen) atoms. The summed E-state index contributed by atoms with van der Waals surface area (Å²) in [5, 5.41) is 18.4. The monoisotopic (exact) mass is 182 g/mol. The number of rotatable bonds is 2. The van der Waals surface area contributed by atoms with Crippen LogP contribution in [0.4, 0.5) is 5.69 Å². The van der Waals surface area contributed by atoms with Gasteiger partial charge in [0.2, 0.25) is 0 Å². The summed E-state index contributed by atoms with van der Waals surface area (Å²) in [4.78, 5) is 0. The van der Waals surface area contributed by atoms with Crippen molar-refractivity contribution < 1.29 is 10.2 Å². The van der Waals surface area contributed by atoms with Crippen LogP contribution in [0.3, 0.4) is 0 Å². The van der Waals surface area contributed by atoms with Gasteiger partial charge in [-0.2, -0.15) is 0 Å². The molecule has 0 aliphatic carbocycles. The third-order valence-electron chi connectivity index (χ3n) is 1.95. The summed E-state index contributed by atoms with van der Waals surface area (Å²) in [6, 6.07) is 3.94. The van der Waals surface area contributed by atoms with Gasteiger partial charge in [0.1, 0.15) is 5.75 Å². The molecule has 0 heterocycles. The third kappa shape index (κ3) is 2.11. The molecule has 0 radical (unpaired) electrons. The largest absolute Gasteiger partial charge is 0.508 e. The zero-order valence-corrected chi connectivity index (χ0v) is 7.44. The molecule has 6 N–H and O–H groups in total. The Bertz CT molecular complexity index is 300. The zero-order chi connectivity index (χ0) is 10.0. The van der Waals surface area contributed by atoms with Gasteiger partial charge in [-0.3, -0.25) is 0 Å². The number of nitrogens with two attached hydrogens (primary N) is 2. The number of phenolic OH excluding ortho intramolecular Hbond substituents is 1. The van der Waals surface area contributed by atoms with Crippen molar-refractivity contribution in [2.24, 2.45) is 5.73 Å². The molecule has 1 rings (SSSR count). The summed E-state index contributed by atoms with van der Waals surface area (Å²) < 4.78 is 0. The summed E-state index contributed by atoms with van der Waals surface area (Å²) in [6.07, 6.45) is -0.691. The first-order valence-electron chi connectivity index (χ1n) is 4.04. The number of aliphatic hydroxyl groups is 1. The first-order chi connectivity index (χ1) is 6.02. The average molecular weight is 182 g/mol. The molecule has 4 heteroatoms. The number of aliphatic hydroxyl groups excluding tert-OH is 1. The summed E-state index contributed by atoms with van der Waals surface area (Å²) in [7, 11) is 0. The van der Waals surface area contributed by atoms with E-state index in [-0.39, 0.29) is 5.75 Å². The smallest absolute Gasteiger partial charge is 0.116 e. The van der Waals surface area contributed by atoms with Crippen LogP contribution in [0.25, 0.3) is 0 Å². The maximum absolute atomic E-state index is 9.23. The predicted octanol–water partition coefficient (Wildman–Crippen LogP) is 0.355. The quantitative estimate of drug-likeness (QED) is 0.392. The molecular formula is C9H14N2O2. The molecule has 0 spiro atoms. The van der Waals surface area contributed by atoms with Crippen molar-refractivity contribution in [1.82, 2.24) is 0 Å². The van der Waals surface area contributed by atoms with Gasteiger partial charge in [-0.25, -0.2) is 0 Å². The normalized spacial score (nSPS) is 15.3. The fraction of sp³-hybridized carbons (Fsp3) is 0.333. The molecule has 4 nitrogen and oxygen atoms in total. The highest BCUT2D eigenvalue weighted by atomic mass is 16.3. The Kier molecular flexibility index (Phi) is 2.75. The van der Waals surface area contributed by atoms with E-state index < -0.39 is 12.1 Å². The molecule has 1 aromatic carbocycles. The van der Waals surface area contributed by atoms with Crippen LogP contribution in [0.5, 0.6) is 5.75 Å². The molecule has 0 bridgehead atoms. The fourth-order valence-corrected chi connectivity index (χ4v) is 1.11. The number of benzene rings is 1. The van der Waals surface area contributed by atoms with Gasteiger partial charge in [-0.15, -0.1) is 0 Å². The van der Waals surface area contributed by atoms with Gasteiger partial charge < -0.3 is 21.7 Å². The predicted molar refractivity (Wildman–Crippen MR) is 51.1 cm³/mol. The van der Waals surface area contributed by atoms with Gasteiger partial charge in [0.05, 0.1) is 12.1 Å². The number of hydrogen-bond acceptors (Lipinski definition) is 4. The van der Waals surface area contributed by atoms with Crippen molar-refractivity contribution in [3.8, 4) is 5.75 Å². The Labute approximate surface area is 76.8 Å². The molecule has 0 saturated heterocycles. The second-order valence-electron chi connectivity index (χ2n) is 3.08. The summed E-state index contributed by atoms with van der Waals surface area (Å²) in [6.45, 7) is 1.58. The molecule has 2 atom stereocenters. The van der Waals surface area contributed by atoms with Crippen LogP contribution in [0.1, 0.15) is 18.5 Å². The van der Waals surface area contributed by atoms with Gasteiger partial charge in [0.25, 0.3) is 0 Å². The maximum Gasteiger partial charge on any atom is 0.116 e. The topological polar surface area (TPSA) is 92.5 Å². The standard InChI is InChI=1S/C9H14N2O2/c1-5(12)9(11)7-4-6(13)2-3-8(7)10/h2-5,9,12-13H,10-11H2,1H3/t5-,9-/m0/s1. The fourth-order valence-electron chi connectivity index (χ4n) is 1.11. The molecule has 0 aliphatic heterocycles. The Morgan fingerprint density at radius 2 is 2.00 bits per heavy atom. The minimum Gasteiger partial charge on any atom is -0.508 e.